The number of aromatic nitrogens is 1. The third-order valence-corrected chi connectivity index (χ3v) is 2.39. The molecule has 0 aliphatic rings. The maximum atomic E-state index is 11.5. The van der Waals surface area contributed by atoms with Crippen LogP contribution in [0.15, 0.2) is 4.42 Å². The van der Waals surface area contributed by atoms with Gasteiger partial charge in [0.1, 0.15) is 5.76 Å². The van der Waals surface area contributed by atoms with Gasteiger partial charge in [0, 0.05) is 18.5 Å². The number of carbonyl (C=O) groups excluding carboxylic acids is 1. The van der Waals surface area contributed by atoms with Gasteiger partial charge in [-0.2, -0.15) is 0 Å². The molecule has 0 saturated carbocycles. The Bertz CT molecular complexity index is 385. The Morgan fingerprint density at radius 3 is 2.50 bits per heavy atom. The van der Waals surface area contributed by atoms with E-state index in [9.17, 15) is 4.79 Å². The number of aryl methyl sites for hydroxylation is 2. The first-order valence-corrected chi connectivity index (χ1v) is 6.22. The molecule has 0 aromatic carbocycles. The van der Waals surface area contributed by atoms with E-state index in [2.05, 4.69) is 15.6 Å². The molecule has 0 saturated heterocycles. The van der Waals surface area contributed by atoms with Crippen molar-refractivity contribution in [1.29, 1.82) is 0 Å². The fraction of sp³-hybridized carbons (Fsp3) is 0.692. The van der Waals surface area contributed by atoms with E-state index in [1.165, 1.54) is 0 Å². The standard InChI is InChI=1S/C13H23N3O2/c1-9-10(2)18-12(15-9)8-14-7-6-11(17)16-13(3,4)5/h14H,6-8H2,1-5H3,(H,16,17). The minimum atomic E-state index is -0.173. The smallest absolute Gasteiger partial charge is 0.221 e. The van der Waals surface area contributed by atoms with Gasteiger partial charge < -0.3 is 15.1 Å². The summed E-state index contributed by atoms with van der Waals surface area (Å²) in [6.07, 6.45) is 0.454. The average molecular weight is 253 g/mol. The van der Waals surface area contributed by atoms with Crippen molar-refractivity contribution >= 4 is 5.91 Å². The van der Waals surface area contributed by atoms with E-state index in [1.807, 2.05) is 34.6 Å². The molecule has 5 nitrogen and oxygen atoms in total. The van der Waals surface area contributed by atoms with E-state index < -0.39 is 0 Å². The maximum absolute atomic E-state index is 11.5. The Morgan fingerprint density at radius 1 is 1.33 bits per heavy atom. The highest BCUT2D eigenvalue weighted by Gasteiger charge is 2.13. The highest BCUT2D eigenvalue weighted by Crippen LogP contribution is 2.07. The number of nitrogens with zero attached hydrogens (tertiary/aromatic N) is 1. The molecule has 102 valence electrons. The Labute approximate surface area is 108 Å². The molecule has 0 aliphatic heterocycles. The molecule has 1 amide bonds. The van der Waals surface area contributed by atoms with Crippen LogP contribution in [0.5, 0.6) is 0 Å². The molecular formula is C13H23N3O2. The minimum absolute atomic E-state index is 0.0507. The van der Waals surface area contributed by atoms with E-state index in [0.717, 1.165) is 11.5 Å². The first kappa shape index (κ1) is 14.7. The van der Waals surface area contributed by atoms with Gasteiger partial charge in [0.15, 0.2) is 0 Å². The average Bonchev–Trinajstić information content (AvgIpc) is 2.51. The summed E-state index contributed by atoms with van der Waals surface area (Å²) >= 11 is 0. The molecule has 1 rings (SSSR count). The molecule has 0 unspecified atom stereocenters. The molecule has 0 radical (unpaired) electrons. The molecule has 0 bridgehead atoms. The van der Waals surface area contributed by atoms with Gasteiger partial charge in [0.2, 0.25) is 11.8 Å². The topological polar surface area (TPSA) is 67.2 Å². The zero-order valence-corrected chi connectivity index (χ0v) is 11.9. The van der Waals surface area contributed by atoms with Crippen molar-refractivity contribution in [2.24, 2.45) is 0 Å². The lowest BCUT2D eigenvalue weighted by molar-refractivity contribution is -0.122. The van der Waals surface area contributed by atoms with Gasteiger partial charge in [0.05, 0.1) is 12.2 Å². The maximum Gasteiger partial charge on any atom is 0.221 e. The first-order chi connectivity index (χ1) is 8.28. The predicted molar refractivity (Wildman–Crippen MR) is 70.2 cm³/mol. The van der Waals surface area contributed by atoms with Crippen LogP contribution in [0.25, 0.3) is 0 Å². The summed E-state index contributed by atoms with van der Waals surface area (Å²) in [5.41, 5.74) is 0.741. The number of nitrogens with one attached hydrogen (secondary N) is 2. The lowest BCUT2D eigenvalue weighted by Crippen LogP contribution is -2.41. The molecule has 0 aliphatic carbocycles. The Hall–Kier alpha value is -1.36. The third-order valence-electron chi connectivity index (χ3n) is 2.39. The Balaban J connectivity index is 2.21. The van der Waals surface area contributed by atoms with Crippen LogP contribution in [0, 0.1) is 13.8 Å². The summed E-state index contributed by atoms with van der Waals surface area (Å²) in [6, 6.07) is 0. The molecule has 1 aromatic rings. The third kappa shape index (κ3) is 5.31. The van der Waals surface area contributed by atoms with Crippen LogP contribution in [-0.2, 0) is 11.3 Å². The minimum Gasteiger partial charge on any atom is -0.444 e. The fourth-order valence-corrected chi connectivity index (χ4v) is 1.49. The molecule has 1 aromatic heterocycles. The zero-order chi connectivity index (χ0) is 13.8. The summed E-state index contributed by atoms with van der Waals surface area (Å²) in [5.74, 6) is 1.56. The quantitative estimate of drug-likeness (QED) is 0.784. The van der Waals surface area contributed by atoms with E-state index in [0.29, 0.717) is 25.4 Å². The SMILES string of the molecule is Cc1nc(CNCCC(=O)NC(C)(C)C)oc1C. The summed E-state index contributed by atoms with van der Waals surface area (Å²) in [5, 5.41) is 6.05. The van der Waals surface area contributed by atoms with Crippen molar-refractivity contribution in [3.05, 3.63) is 17.3 Å². The van der Waals surface area contributed by atoms with Crippen molar-refractivity contribution in [2.45, 2.75) is 53.1 Å². The van der Waals surface area contributed by atoms with Gasteiger partial charge in [-0.3, -0.25) is 4.79 Å². The number of oxazole rings is 1. The van der Waals surface area contributed by atoms with E-state index in [1.54, 1.807) is 0 Å². The number of hydrogen-bond donors (Lipinski definition) is 2. The van der Waals surface area contributed by atoms with Gasteiger partial charge in [-0.1, -0.05) is 0 Å². The summed E-state index contributed by atoms with van der Waals surface area (Å²) < 4.78 is 5.43. The number of rotatable bonds is 5. The van der Waals surface area contributed by atoms with Crippen LogP contribution in [0.3, 0.4) is 0 Å². The van der Waals surface area contributed by atoms with Crippen molar-refractivity contribution in [3.63, 3.8) is 0 Å². The number of amides is 1. The van der Waals surface area contributed by atoms with Gasteiger partial charge in [-0.05, 0) is 34.6 Å². The summed E-state index contributed by atoms with van der Waals surface area (Å²) in [7, 11) is 0. The second-order valence-electron chi connectivity index (χ2n) is 5.47. The molecule has 2 N–H and O–H groups in total. The van der Waals surface area contributed by atoms with Crippen LogP contribution in [0.2, 0.25) is 0 Å². The predicted octanol–water partition coefficient (Wildman–Crippen LogP) is 1.69. The van der Waals surface area contributed by atoms with Crippen molar-refractivity contribution in [2.75, 3.05) is 6.54 Å². The lowest BCUT2D eigenvalue weighted by atomic mass is 10.1. The van der Waals surface area contributed by atoms with E-state index in [4.69, 9.17) is 4.42 Å². The van der Waals surface area contributed by atoms with Crippen LogP contribution in [0.1, 0.15) is 44.5 Å². The number of carbonyl (C=O) groups is 1. The monoisotopic (exact) mass is 253 g/mol. The summed E-state index contributed by atoms with van der Waals surface area (Å²) in [4.78, 5) is 15.8. The Morgan fingerprint density at radius 2 is 2.00 bits per heavy atom. The van der Waals surface area contributed by atoms with Crippen LogP contribution < -0.4 is 10.6 Å². The molecule has 18 heavy (non-hydrogen) atoms. The fourth-order valence-electron chi connectivity index (χ4n) is 1.49. The summed E-state index contributed by atoms with van der Waals surface area (Å²) in [6.45, 7) is 10.9. The molecule has 1 heterocycles. The van der Waals surface area contributed by atoms with E-state index >= 15 is 0 Å². The Kier molecular flexibility index (Phi) is 4.90. The molecule has 0 spiro atoms. The van der Waals surface area contributed by atoms with Crippen molar-refractivity contribution in [3.8, 4) is 0 Å². The molecule has 0 fully saturated rings. The largest absolute Gasteiger partial charge is 0.444 e. The van der Waals surface area contributed by atoms with Crippen molar-refractivity contribution < 1.29 is 9.21 Å². The van der Waals surface area contributed by atoms with Gasteiger partial charge in [-0.25, -0.2) is 4.98 Å². The van der Waals surface area contributed by atoms with E-state index in [-0.39, 0.29) is 11.4 Å². The molecular weight excluding hydrogens is 230 g/mol. The van der Waals surface area contributed by atoms with Crippen LogP contribution in [-0.4, -0.2) is 23.0 Å². The first-order valence-electron chi connectivity index (χ1n) is 6.22. The molecule has 0 atom stereocenters. The highest BCUT2D eigenvalue weighted by atomic mass is 16.4. The molecule has 5 heteroatoms. The highest BCUT2D eigenvalue weighted by molar-refractivity contribution is 5.76. The van der Waals surface area contributed by atoms with Crippen molar-refractivity contribution in [1.82, 2.24) is 15.6 Å². The van der Waals surface area contributed by atoms with Gasteiger partial charge in [0.25, 0.3) is 0 Å². The lowest BCUT2D eigenvalue weighted by Gasteiger charge is -2.20. The van der Waals surface area contributed by atoms with Gasteiger partial charge in [-0.15, -0.1) is 0 Å². The van der Waals surface area contributed by atoms with Crippen LogP contribution in [0.4, 0.5) is 0 Å². The number of hydrogen-bond acceptors (Lipinski definition) is 4. The zero-order valence-electron chi connectivity index (χ0n) is 11.9. The second kappa shape index (κ2) is 6.00. The van der Waals surface area contributed by atoms with Crippen LogP contribution >= 0.6 is 0 Å². The second-order valence-corrected chi connectivity index (χ2v) is 5.47. The van der Waals surface area contributed by atoms with Gasteiger partial charge >= 0.3 is 0 Å². The normalized spacial score (nSPS) is 11.6.